The predicted molar refractivity (Wildman–Crippen MR) is 42.3 cm³/mol. The number of hydrogen-bond donors (Lipinski definition) is 1. The summed E-state index contributed by atoms with van der Waals surface area (Å²) in [6.07, 6.45) is 1.29. The smallest absolute Gasteiger partial charge is 0.0640 e. The van der Waals surface area contributed by atoms with Gasteiger partial charge in [-0.1, -0.05) is 15.9 Å². The van der Waals surface area contributed by atoms with Crippen LogP contribution >= 0.6 is 27.7 Å². The van der Waals surface area contributed by atoms with Crippen molar-refractivity contribution in [2.24, 2.45) is 11.7 Å². The van der Waals surface area contributed by atoms with Crippen LogP contribution in [0.1, 0.15) is 6.42 Å². The van der Waals surface area contributed by atoms with Gasteiger partial charge in [-0.15, -0.1) is 11.8 Å². The molecule has 0 aromatic rings. The summed E-state index contributed by atoms with van der Waals surface area (Å²) in [6, 6.07) is 0. The van der Waals surface area contributed by atoms with Gasteiger partial charge in [0.15, 0.2) is 0 Å². The Morgan fingerprint density at radius 2 is 2.50 bits per heavy atom. The largest absolute Gasteiger partial charge is 0.330 e. The predicted octanol–water partition coefficient (Wildman–Crippen LogP) is 1.42. The highest BCUT2D eigenvalue weighted by Crippen LogP contribution is 2.35. The first kappa shape index (κ1) is 6.90. The summed E-state index contributed by atoms with van der Waals surface area (Å²) in [4.78, 5) is 0. The summed E-state index contributed by atoms with van der Waals surface area (Å²) >= 11 is 5.51. The lowest BCUT2D eigenvalue weighted by Crippen LogP contribution is -2.16. The normalized spacial score (nSPS) is 38.2. The van der Waals surface area contributed by atoms with E-state index in [-0.39, 0.29) is 0 Å². The monoisotopic (exact) mass is 195 g/mol. The maximum Gasteiger partial charge on any atom is 0.0640 e. The summed E-state index contributed by atoms with van der Waals surface area (Å²) in [5.41, 5.74) is 5.48. The molecule has 1 fully saturated rings. The maximum absolute atomic E-state index is 5.48. The van der Waals surface area contributed by atoms with E-state index < -0.39 is 0 Å². The van der Waals surface area contributed by atoms with Crippen molar-refractivity contribution in [1.29, 1.82) is 0 Å². The van der Waals surface area contributed by atoms with Crippen LogP contribution in [-0.4, -0.2) is 16.5 Å². The number of thioether (sulfide) groups is 1. The van der Waals surface area contributed by atoms with E-state index >= 15 is 0 Å². The van der Waals surface area contributed by atoms with Gasteiger partial charge in [0.1, 0.15) is 0 Å². The van der Waals surface area contributed by atoms with Crippen LogP contribution in [0.15, 0.2) is 0 Å². The fraction of sp³-hybridized carbons (Fsp3) is 1.00. The lowest BCUT2D eigenvalue weighted by Gasteiger charge is -2.07. The molecule has 0 bridgehead atoms. The van der Waals surface area contributed by atoms with Crippen molar-refractivity contribution >= 4 is 27.7 Å². The van der Waals surface area contributed by atoms with Crippen LogP contribution in [-0.2, 0) is 0 Å². The van der Waals surface area contributed by atoms with E-state index in [1.165, 1.54) is 12.2 Å². The summed E-state index contributed by atoms with van der Waals surface area (Å²) in [7, 11) is 0. The Morgan fingerprint density at radius 3 is 2.75 bits per heavy atom. The van der Waals surface area contributed by atoms with Crippen LogP contribution < -0.4 is 5.73 Å². The number of alkyl halides is 1. The lowest BCUT2D eigenvalue weighted by atomic mass is 10.1. The molecular weight excluding hydrogens is 186 g/mol. The average molecular weight is 196 g/mol. The molecule has 1 saturated heterocycles. The molecule has 0 aliphatic carbocycles. The van der Waals surface area contributed by atoms with Crippen molar-refractivity contribution in [2.75, 3.05) is 12.3 Å². The molecule has 0 aromatic heterocycles. The average Bonchev–Trinajstić information content (AvgIpc) is 2.14. The van der Waals surface area contributed by atoms with E-state index in [0.29, 0.717) is 4.16 Å². The molecule has 0 radical (unpaired) electrons. The lowest BCUT2D eigenvalue weighted by molar-refractivity contribution is 0.597. The molecule has 1 aliphatic rings. The molecule has 8 heavy (non-hydrogen) atoms. The molecule has 2 atom stereocenters. The molecule has 1 nitrogen and oxygen atoms in total. The number of halogens is 1. The van der Waals surface area contributed by atoms with Crippen molar-refractivity contribution in [2.45, 2.75) is 10.6 Å². The molecule has 2 unspecified atom stereocenters. The van der Waals surface area contributed by atoms with E-state index in [1.54, 1.807) is 0 Å². The molecule has 0 aromatic carbocycles. The van der Waals surface area contributed by atoms with Gasteiger partial charge in [0.2, 0.25) is 0 Å². The van der Waals surface area contributed by atoms with Crippen molar-refractivity contribution in [3.8, 4) is 0 Å². The second-order valence-corrected chi connectivity index (χ2v) is 4.85. The van der Waals surface area contributed by atoms with Crippen molar-refractivity contribution in [3.63, 3.8) is 0 Å². The third-order valence-corrected chi connectivity index (χ3v) is 4.15. The van der Waals surface area contributed by atoms with Gasteiger partial charge in [0.25, 0.3) is 0 Å². The Kier molecular flexibility index (Phi) is 2.66. The molecule has 0 saturated carbocycles. The minimum Gasteiger partial charge on any atom is -0.330 e. The van der Waals surface area contributed by atoms with Crippen molar-refractivity contribution < 1.29 is 0 Å². The highest BCUT2D eigenvalue weighted by atomic mass is 79.9. The zero-order valence-electron chi connectivity index (χ0n) is 4.64. The number of nitrogens with two attached hydrogens (primary N) is 1. The van der Waals surface area contributed by atoms with Gasteiger partial charge in [-0.2, -0.15) is 0 Å². The summed E-state index contributed by atoms with van der Waals surface area (Å²) in [5, 5.41) is 0. The highest BCUT2D eigenvalue weighted by molar-refractivity contribution is 9.11. The Labute approximate surface area is 62.5 Å². The maximum atomic E-state index is 5.48. The van der Waals surface area contributed by atoms with Crippen LogP contribution in [0.2, 0.25) is 0 Å². The standard InChI is InChI=1S/C5H10BrNS/c6-5-4(3-7)1-2-8-5/h4-5H,1-3,7H2. The summed E-state index contributed by atoms with van der Waals surface area (Å²) < 4.78 is 0.632. The van der Waals surface area contributed by atoms with Gasteiger partial charge in [0.05, 0.1) is 4.16 Å². The quantitative estimate of drug-likeness (QED) is 0.642. The van der Waals surface area contributed by atoms with Crippen LogP contribution in [0, 0.1) is 5.92 Å². The second-order valence-electron chi connectivity index (χ2n) is 2.01. The van der Waals surface area contributed by atoms with E-state index in [0.717, 1.165) is 12.5 Å². The van der Waals surface area contributed by atoms with Gasteiger partial charge < -0.3 is 5.73 Å². The molecule has 0 spiro atoms. The molecule has 1 heterocycles. The number of hydrogen-bond acceptors (Lipinski definition) is 2. The van der Waals surface area contributed by atoms with E-state index in [1.807, 2.05) is 11.8 Å². The number of rotatable bonds is 1. The molecule has 0 amide bonds. The van der Waals surface area contributed by atoms with E-state index in [9.17, 15) is 0 Å². The molecular formula is C5H10BrNS. The van der Waals surface area contributed by atoms with E-state index in [4.69, 9.17) is 5.73 Å². The Balaban J connectivity index is 2.30. The molecule has 48 valence electrons. The van der Waals surface area contributed by atoms with Gasteiger partial charge in [-0.25, -0.2) is 0 Å². The fourth-order valence-electron chi connectivity index (χ4n) is 0.824. The molecule has 2 N–H and O–H groups in total. The minimum absolute atomic E-state index is 0.632. The van der Waals surface area contributed by atoms with Crippen LogP contribution in [0.5, 0.6) is 0 Å². The third-order valence-electron chi connectivity index (χ3n) is 1.44. The molecule has 3 heteroatoms. The minimum atomic E-state index is 0.632. The molecule has 1 aliphatic heterocycles. The highest BCUT2D eigenvalue weighted by Gasteiger charge is 2.23. The first-order chi connectivity index (χ1) is 3.84. The zero-order chi connectivity index (χ0) is 5.98. The van der Waals surface area contributed by atoms with Gasteiger partial charge in [-0.3, -0.25) is 0 Å². The Bertz CT molecular complexity index is 78.8. The second kappa shape index (κ2) is 3.08. The third kappa shape index (κ3) is 1.39. The Hall–Kier alpha value is 0.790. The molecule has 1 rings (SSSR count). The Morgan fingerprint density at radius 1 is 1.75 bits per heavy atom. The first-order valence-electron chi connectivity index (χ1n) is 2.80. The van der Waals surface area contributed by atoms with Crippen molar-refractivity contribution in [3.05, 3.63) is 0 Å². The van der Waals surface area contributed by atoms with Crippen LogP contribution in [0.3, 0.4) is 0 Å². The van der Waals surface area contributed by atoms with Crippen molar-refractivity contribution in [1.82, 2.24) is 0 Å². The summed E-state index contributed by atoms with van der Waals surface area (Å²) in [5.74, 6) is 2.00. The zero-order valence-corrected chi connectivity index (χ0v) is 7.04. The SMILES string of the molecule is NCC1CCSC1Br. The van der Waals surface area contributed by atoms with E-state index in [2.05, 4.69) is 15.9 Å². The van der Waals surface area contributed by atoms with Gasteiger partial charge >= 0.3 is 0 Å². The summed E-state index contributed by atoms with van der Waals surface area (Å²) in [6.45, 7) is 0.836. The fourth-order valence-corrected chi connectivity index (χ4v) is 3.05. The van der Waals surface area contributed by atoms with Gasteiger partial charge in [-0.05, 0) is 24.6 Å². The van der Waals surface area contributed by atoms with Crippen LogP contribution in [0.4, 0.5) is 0 Å². The topological polar surface area (TPSA) is 26.0 Å². The van der Waals surface area contributed by atoms with Crippen LogP contribution in [0.25, 0.3) is 0 Å². The van der Waals surface area contributed by atoms with Gasteiger partial charge in [0, 0.05) is 0 Å². The first-order valence-corrected chi connectivity index (χ1v) is 4.77.